The fourth-order valence-corrected chi connectivity index (χ4v) is 11.5. The molecule has 0 heterocycles. The number of allylic oxidation sites excluding steroid dienone is 13. The van der Waals surface area contributed by atoms with Crippen LogP contribution in [0.25, 0.3) is 0 Å². The van der Waals surface area contributed by atoms with Crippen LogP contribution in [-0.4, -0.2) is 68.5 Å². The number of phosphoric acid groups is 1. The van der Waals surface area contributed by atoms with Crippen LogP contribution in [0.4, 0.5) is 0 Å². The van der Waals surface area contributed by atoms with E-state index in [1.165, 1.54) is 244 Å². The van der Waals surface area contributed by atoms with Crippen LogP contribution in [0.2, 0.25) is 0 Å². The van der Waals surface area contributed by atoms with Crippen LogP contribution < -0.4 is 10.2 Å². The molecule has 0 spiro atoms. The van der Waals surface area contributed by atoms with Gasteiger partial charge in [-0.05, 0) is 70.6 Å². The Hall–Kier alpha value is -2.32. The number of aliphatic hydroxyl groups excluding tert-OH is 1. The van der Waals surface area contributed by atoms with Crippen LogP contribution in [-0.2, 0) is 18.4 Å². The summed E-state index contributed by atoms with van der Waals surface area (Å²) in [5, 5.41) is 14.0. The summed E-state index contributed by atoms with van der Waals surface area (Å²) in [7, 11) is 1.27. The molecule has 9 heteroatoms. The van der Waals surface area contributed by atoms with Gasteiger partial charge in [-0.25, -0.2) is 0 Å². The molecule has 0 radical (unpaired) electrons. The second kappa shape index (κ2) is 66.1. The zero-order chi connectivity index (χ0) is 61.9. The van der Waals surface area contributed by atoms with E-state index in [2.05, 4.69) is 92.1 Å². The maximum absolute atomic E-state index is 13.1. The van der Waals surface area contributed by atoms with Crippen LogP contribution in [0.3, 0.4) is 0 Å². The number of aliphatic hydroxyl groups is 1. The normalized spacial score (nSPS) is 14.1. The molecule has 0 aromatic rings. The van der Waals surface area contributed by atoms with E-state index in [4.69, 9.17) is 9.05 Å². The van der Waals surface area contributed by atoms with Gasteiger partial charge in [0, 0.05) is 6.42 Å². The maximum atomic E-state index is 13.1. The molecule has 0 saturated carbocycles. The van der Waals surface area contributed by atoms with E-state index in [1.807, 2.05) is 27.2 Å². The second-order valence-corrected chi connectivity index (χ2v) is 27.3. The average molecular weight is 1210 g/mol. The van der Waals surface area contributed by atoms with Crippen molar-refractivity contribution < 1.29 is 32.9 Å². The van der Waals surface area contributed by atoms with Gasteiger partial charge in [0.2, 0.25) is 5.91 Å². The third-order valence-electron chi connectivity index (χ3n) is 16.4. The van der Waals surface area contributed by atoms with Gasteiger partial charge in [-0.15, -0.1) is 0 Å². The zero-order valence-electron chi connectivity index (χ0n) is 56.8. The zero-order valence-corrected chi connectivity index (χ0v) is 57.7. The average Bonchev–Trinajstić information content (AvgIpc) is 3.49. The number of unbranched alkanes of at least 4 members (excludes halogenated alkanes) is 42. The van der Waals surface area contributed by atoms with Gasteiger partial charge in [0.25, 0.3) is 7.82 Å². The molecule has 0 bridgehead atoms. The van der Waals surface area contributed by atoms with Gasteiger partial charge in [-0.2, -0.15) is 0 Å². The fourth-order valence-electron chi connectivity index (χ4n) is 10.7. The second-order valence-electron chi connectivity index (χ2n) is 25.9. The van der Waals surface area contributed by atoms with Crippen LogP contribution in [0, 0.1) is 0 Å². The summed E-state index contributed by atoms with van der Waals surface area (Å²) in [6.07, 6.45) is 94.2. The summed E-state index contributed by atoms with van der Waals surface area (Å²) in [4.78, 5) is 25.7. The quantitative estimate of drug-likeness (QED) is 0.0272. The molecule has 0 aliphatic carbocycles. The summed E-state index contributed by atoms with van der Waals surface area (Å²) in [6, 6.07) is -0.893. The van der Waals surface area contributed by atoms with Crippen molar-refractivity contribution in [3.05, 3.63) is 85.1 Å². The number of amides is 1. The number of carbonyl (C=O) groups is 1. The first kappa shape index (κ1) is 82.7. The van der Waals surface area contributed by atoms with E-state index < -0.39 is 20.0 Å². The first-order valence-corrected chi connectivity index (χ1v) is 37.9. The molecular weight excluding hydrogens is 1070 g/mol. The summed E-state index contributed by atoms with van der Waals surface area (Å²) in [6.45, 7) is 4.58. The number of nitrogens with zero attached hydrogens (tertiary/aromatic N) is 1. The number of quaternary nitrogens is 1. The summed E-state index contributed by atoms with van der Waals surface area (Å²) in [5.41, 5.74) is 0. The predicted molar refractivity (Wildman–Crippen MR) is 371 cm³/mol. The fraction of sp³-hybridized carbons (Fsp3) is 0.803. The van der Waals surface area contributed by atoms with Gasteiger partial charge in [-0.1, -0.05) is 349 Å². The molecule has 0 aromatic carbocycles. The minimum Gasteiger partial charge on any atom is -0.756 e. The Labute approximate surface area is 528 Å². The number of phosphoric ester groups is 1. The Morgan fingerprint density at radius 1 is 0.424 bits per heavy atom. The molecule has 8 nitrogen and oxygen atoms in total. The van der Waals surface area contributed by atoms with E-state index >= 15 is 0 Å². The standard InChI is InChI=1S/C76H141N2O6P/c1-6-8-10-12-14-16-18-20-22-24-26-28-30-32-34-36-38-39-40-42-44-46-48-50-52-54-56-58-60-62-64-66-68-70-76(80)77-74(73-84-85(81,82)83-72-71-78(3,4)5)75(79)69-67-65-63-61-59-57-55-53-51-49-47-45-43-41-37-35-33-31-29-27-25-23-21-19-17-15-13-11-9-7-2/h8,10,14,16,20,22,26,28,32,34,38-39,67,69,74-75,79H,6-7,9,11-13,15,17-19,21,23-25,27,29-31,33,35-37,40-66,68,70-73H2,1-5H3,(H-,77,80,81,82)/b10-8-,16-14-,22-20-,28-26-,34-32-,39-38-,69-67+. The van der Waals surface area contributed by atoms with Crippen molar-refractivity contribution in [2.45, 2.75) is 353 Å². The van der Waals surface area contributed by atoms with E-state index in [-0.39, 0.29) is 19.1 Å². The van der Waals surface area contributed by atoms with Gasteiger partial charge in [-0.3, -0.25) is 9.36 Å². The lowest BCUT2D eigenvalue weighted by atomic mass is 10.0. The van der Waals surface area contributed by atoms with Crippen LogP contribution in [0.1, 0.15) is 341 Å². The van der Waals surface area contributed by atoms with Crippen molar-refractivity contribution in [2.75, 3.05) is 40.9 Å². The smallest absolute Gasteiger partial charge is 0.268 e. The largest absolute Gasteiger partial charge is 0.756 e. The van der Waals surface area contributed by atoms with Gasteiger partial charge in [0.15, 0.2) is 0 Å². The minimum atomic E-state index is -4.61. The number of rotatable bonds is 67. The van der Waals surface area contributed by atoms with E-state index in [1.54, 1.807) is 6.08 Å². The first-order valence-electron chi connectivity index (χ1n) is 36.4. The van der Waals surface area contributed by atoms with Crippen LogP contribution >= 0.6 is 7.82 Å². The molecule has 496 valence electrons. The third kappa shape index (κ3) is 69.0. The van der Waals surface area contributed by atoms with Gasteiger partial charge in [0.1, 0.15) is 13.2 Å². The molecule has 3 atom stereocenters. The SMILES string of the molecule is CC/C=C\C/C=C\C/C=C\C/C=C\C/C=C\C/C=C\CCCCCCCCCCCCCCCCC(=O)NC(COP(=O)([O-])OCC[N+](C)(C)C)C(O)/C=C/CCCCCCCCCCCCCCCCCCCCCCCCCCCCCC. The monoisotopic (exact) mass is 1210 g/mol. The highest BCUT2D eigenvalue weighted by Crippen LogP contribution is 2.38. The molecule has 1 amide bonds. The van der Waals surface area contributed by atoms with Crippen LogP contribution in [0.5, 0.6) is 0 Å². The third-order valence-corrected chi connectivity index (χ3v) is 17.3. The lowest BCUT2D eigenvalue weighted by molar-refractivity contribution is -0.870. The number of hydrogen-bond donors (Lipinski definition) is 2. The highest BCUT2D eigenvalue weighted by atomic mass is 31.2. The Morgan fingerprint density at radius 3 is 1.05 bits per heavy atom. The molecule has 0 aromatic heterocycles. The molecular formula is C76H141N2O6P. The number of nitrogens with one attached hydrogen (secondary N) is 1. The van der Waals surface area contributed by atoms with Crippen LogP contribution in [0.15, 0.2) is 85.1 Å². The molecule has 0 rings (SSSR count). The van der Waals surface area contributed by atoms with Gasteiger partial charge in [0.05, 0.1) is 39.9 Å². The first-order chi connectivity index (χ1) is 41.5. The van der Waals surface area contributed by atoms with E-state index in [9.17, 15) is 19.4 Å². The molecule has 3 unspecified atom stereocenters. The molecule has 0 fully saturated rings. The predicted octanol–water partition coefficient (Wildman–Crippen LogP) is 22.9. The summed E-state index contributed by atoms with van der Waals surface area (Å²) < 4.78 is 23.5. The Kier molecular flexibility index (Phi) is 64.3. The van der Waals surface area contributed by atoms with Crippen molar-refractivity contribution in [3.63, 3.8) is 0 Å². The molecule has 0 saturated heterocycles. The molecule has 2 N–H and O–H groups in total. The Morgan fingerprint density at radius 2 is 0.718 bits per heavy atom. The van der Waals surface area contributed by atoms with Crippen molar-refractivity contribution in [1.29, 1.82) is 0 Å². The van der Waals surface area contributed by atoms with Crippen molar-refractivity contribution in [2.24, 2.45) is 0 Å². The summed E-state index contributed by atoms with van der Waals surface area (Å²) in [5.74, 6) is -0.196. The lowest BCUT2D eigenvalue weighted by Crippen LogP contribution is -2.45. The number of carbonyl (C=O) groups excluding carboxylic acids is 1. The van der Waals surface area contributed by atoms with Crippen molar-refractivity contribution >= 4 is 13.7 Å². The highest BCUT2D eigenvalue weighted by Gasteiger charge is 2.23. The highest BCUT2D eigenvalue weighted by molar-refractivity contribution is 7.45. The summed E-state index contributed by atoms with van der Waals surface area (Å²) >= 11 is 0. The van der Waals surface area contributed by atoms with Gasteiger partial charge >= 0.3 is 0 Å². The van der Waals surface area contributed by atoms with E-state index in [0.29, 0.717) is 17.4 Å². The molecule has 85 heavy (non-hydrogen) atoms. The number of likely N-dealkylation sites (N-methyl/N-ethyl adjacent to an activating group) is 1. The number of hydrogen-bond acceptors (Lipinski definition) is 6. The maximum Gasteiger partial charge on any atom is 0.268 e. The topological polar surface area (TPSA) is 108 Å². The Bertz CT molecular complexity index is 1660. The van der Waals surface area contributed by atoms with Gasteiger partial charge < -0.3 is 28.8 Å². The van der Waals surface area contributed by atoms with Crippen molar-refractivity contribution in [3.8, 4) is 0 Å². The molecule has 0 aliphatic heterocycles. The minimum absolute atomic E-state index is 0.00281. The lowest BCUT2D eigenvalue weighted by Gasteiger charge is -2.29. The van der Waals surface area contributed by atoms with E-state index in [0.717, 1.165) is 77.0 Å². The Balaban J connectivity index is 4.06. The molecule has 0 aliphatic rings. The van der Waals surface area contributed by atoms with Crippen molar-refractivity contribution in [1.82, 2.24) is 5.32 Å².